The van der Waals surface area contributed by atoms with Gasteiger partial charge in [-0.2, -0.15) is 0 Å². The Morgan fingerprint density at radius 1 is 1.15 bits per heavy atom. The van der Waals surface area contributed by atoms with Gasteiger partial charge in [0.15, 0.2) is 11.6 Å². The van der Waals surface area contributed by atoms with E-state index in [-0.39, 0.29) is 5.75 Å². The van der Waals surface area contributed by atoms with Crippen LogP contribution in [0.2, 0.25) is 0 Å². The van der Waals surface area contributed by atoms with Crippen molar-refractivity contribution in [3.8, 4) is 5.75 Å². The lowest BCUT2D eigenvalue weighted by molar-refractivity contribution is 0.219. The number of halogens is 1. The minimum Gasteiger partial charge on any atom is -0.494 e. The van der Waals surface area contributed by atoms with E-state index >= 15 is 0 Å². The van der Waals surface area contributed by atoms with Gasteiger partial charge in [-0.3, -0.25) is 0 Å². The number of rotatable bonds is 5. The first kappa shape index (κ1) is 14.5. The molecule has 2 aromatic carbocycles. The summed E-state index contributed by atoms with van der Waals surface area (Å²) >= 11 is 0. The monoisotopic (exact) mass is 274 g/mol. The van der Waals surface area contributed by atoms with Crippen LogP contribution in [-0.4, -0.2) is 12.2 Å². The molecule has 0 aliphatic carbocycles. The van der Waals surface area contributed by atoms with Gasteiger partial charge in [-0.25, -0.2) is 4.39 Å². The molecular weight excluding hydrogens is 255 g/mol. The molecule has 0 amide bonds. The van der Waals surface area contributed by atoms with Gasteiger partial charge in [0.1, 0.15) is 6.10 Å². The van der Waals surface area contributed by atoms with Gasteiger partial charge in [-0.15, -0.1) is 0 Å². The molecule has 0 spiro atoms. The third-order valence-corrected chi connectivity index (χ3v) is 3.30. The van der Waals surface area contributed by atoms with Gasteiger partial charge < -0.3 is 9.84 Å². The van der Waals surface area contributed by atoms with Crippen LogP contribution in [-0.2, 0) is 6.42 Å². The van der Waals surface area contributed by atoms with Gasteiger partial charge in [0, 0.05) is 0 Å². The second kappa shape index (κ2) is 6.53. The normalized spacial score (nSPS) is 12.2. The van der Waals surface area contributed by atoms with Crippen LogP contribution >= 0.6 is 0 Å². The molecule has 0 saturated carbocycles. The lowest BCUT2D eigenvalue weighted by Gasteiger charge is -2.14. The molecule has 1 unspecified atom stereocenters. The topological polar surface area (TPSA) is 29.5 Å². The van der Waals surface area contributed by atoms with Crippen molar-refractivity contribution in [2.24, 2.45) is 0 Å². The Kier molecular flexibility index (Phi) is 4.74. The second-order valence-corrected chi connectivity index (χ2v) is 4.79. The molecule has 2 rings (SSSR count). The molecule has 106 valence electrons. The fraction of sp³-hybridized carbons (Fsp3) is 0.294. The molecule has 0 radical (unpaired) electrons. The highest BCUT2D eigenvalue weighted by Gasteiger charge is 2.13. The molecule has 0 aliphatic heterocycles. The zero-order chi connectivity index (χ0) is 14.5. The van der Waals surface area contributed by atoms with Crippen LogP contribution in [0.5, 0.6) is 5.75 Å². The van der Waals surface area contributed by atoms with Gasteiger partial charge >= 0.3 is 0 Å². The first-order chi connectivity index (χ1) is 9.65. The molecule has 0 fully saturated rings. The molecule has 2 aromatic rings. The second-order valence-electron chi connectivity index (χ2n) is 4.79. The Hall–Kier alpha value is -1.87. The largest absolute Gasteiger partial charge is 0.494 e. The highest BCUT2D eigenvalue weighted by molar-refractivity contribution is 5.36. The first-order valence-corrected chi connectivity index (χ1v) is 6.76. The average molecular weight is 274 g/mol. The number of aliphatic hydroxyl groups excluding tert-OH is 1. The summed E-state index contributed by atoms with van der Waals surface area (Å²) < 4.78 is 18.6. The van der Waals surface area contributed by atoms with E-state index in [2.05, 4.69) is 6.92 Å². The predicted molar refractivity (Wildman–Crippen MR) is 77.5 cm³/mol. The zero-order valence-electron chi connectivity index (χ0n) is 11.8. The fourth-order valence-corrected chi connectivity index (χ4v) is 2.25. The van der Waals surface area contributed by atoms with Crippen molar-refractivity contribution in [3.05, 3.63) is 65.0 Å². The summed E-state index contributed by atoms with van der Waals surface area (Å²) in [7, 11) is 1.42. The fourth-order valence-electron chi connectivity index (χ4n) is 2.25. The van der Waals surface area contributed by atoms with Crippen molar-refractivity contribution < 1.29 is 14.2 Å². The number of methoxy groups -OCH3 is 1. The molecule has 2 nitrogen and oxygen atoms in total. The number of benzene rings is 2. The minimum absolute atomic E-state index is 0.181. The quantitative estimate of drug-likeness (QED) is 0.897. The standard InChI is InChI=1S/C17H19FO2/c1-3-5-12-6-4-7-13(10-12)17(19)14-8-9-16(20-2)15(18)11-14/h4,6-11,17,19H,3,5H2,1-2H3. The van der Waals surface area contributed by atoms with Crippen LogP contribution in [0.3, 0.4) is 0 Å². The van der Waals surface area contributed by atoms with Crippen LogP contribution in [0.15, 0.2) is 42.5 Å². The predicted octanol–water partition coefficient (Wildman–Crippen LogP) is 3.87. The number of hydrogen-bond donors (Lipinski definition) is 1. The van der Waals surface area contributed by atoms with Gasteiger partial charge in [0.05, 0.1) is 7.11 Å². The van der Waals surface area contributed by atoms with E-state index in [1.54, 1.807) is 6.07 Å². The first-order valence-electron chi connectivity index (χ1n) is 6.76. The van der Waals surface area contributed by atoms with Crippen LogP contribution in [0.1, 0.15) is 36.1 Å². The van der Waals surface area contributed by atoms with Crippen LogP contribution in [0, 0.1) is 5.82 Å². The van der Waals surface area contributed by atoms with E-state index in [9.17, 15) is 9.50 Å². The Labute approximate surface area is 118 Å². The minimum atomic E-state index is -0.827. The Morgan fingerprint density at radius 2 is 1.90 bits per heavy atom. The van der Waals surface area contributed by atoms with Crippen molar-refractivity contribution in [2.45, 2.75) is 25.9 Å². The maximum absolute atomic E-state index is 13.7. The molecule has 1 atom stereocenters. The Morgan fingerprint density at radius 3 is 2.55 bits per heavy atom. The zero-order valence-corrected chi connectivity index (χ0v) is 11.8. The van der Waals surface area contributed by atoms with E-state index in [0.29, 0.717) is 5.56 Å². The van der Waals surface area contributed by atoms with Gasteiger partial charge in [0.2, 0.25) is 0 Å². The summed E-state index contributed by atoms with van der Waals surface area (Å²) in [6.07, 6.45) is 1.20. The smallest absolute Gasteiger partial charge is 0.165 e. The maximum Gasteiger partial charge on any atom is 0.165 e. The molecule has 0 bridgehead atoms. The molecule has 1 N–H and O–H groups in total. The summed E-state index contributed by atoms with van der Waals surface area (Å²) in [5, 5.41) is 10.4. The number of aliphatic hydroxyl groups is 1. The summed E-state index contributed by atoms with van der Waals surface area (Å²) in [6.45, 7) is 2.11. The highest BCUT2D eigenvalue weighted by atomic mass is 19.1. The molecule has 20 heavy (non-hydrogen) atoms. The van der Waals surface area contributed by atoms with Crippen molar-refractivity contribution >= 4 is 0 Å². The number of ether oxygens (including phenoxy) is 1. The summed E-state index contributed by atoms with van der Waals surface area (Å²) in [4.78, 5) is 0. The van der Waals surface area contributed by atoms with Crippen molar-refractivity contribution in [1.82, 2.24) is 0 Å². The highest BCUT2D eigenvalue weighted by Crippen LogP contribution is 2.26. The third-order valence-electron chi connectivity index (χ3n) is 3.30. The molecule has 3 heteroatoms. The maximum atomic E-state index is 13.7. The summed E-state index contributed by atoms with van der Waals surface area (Å²) in [5.41, 5.74) is 2.48. The Balaban J connectivity index is 2.28. The van der Waals surface area contributed by atoms with E-state index in [1.165, 1.54) is 24.8 Å². The van der Waals surface area contributed by atoms with E-state index < -0.39 is 11.9 Å². The van der Waals surface area contributed by atoms with E-state index in [0.717, 1.165) is 18.4 Å². The Bertz CT molecular complexity index is 581. The lowest BCUT2D eigenvalue weighted by atomic mass is 9.98. The molecular formula is C17H19FO2. The van der Waals surface area contributed by atoms with Crippen molar-refractivity contribution in [1.29, 1.82) is 0 Å². The molecule has 0 aliphatic rings. The van der Waals surface area contributed by atoms with Crippen LogP contribution < -0.4 is 4.74 Å². The summed E-state index contributed by atoms with van der Waals surface area (Å²) in [6, 6.07) is 12.3. The summed E-state index contributed by atoms with van der Waals surface area (Å²) in [5.74, 6) is -0.283. The van der Waals surface area contributed by atoms with Gasteiger partial charge in [0.25, 0.3) is 0 Å². The average Bonchev–Trinajstić information content (AvgIpc) is 2.47. The van der Waals surface area contributed by atoms with Crippen LogP contribution in [0.25, 0.3) is 0 Å². The molecule has 0 aromatic heterocycles. The number of aryl methyl sites for hydroxylation is 1. The van der Waals surface area contributed by atoms with Crippen molar-refractivity contribution in [2.75, 3.05) is 7.11 Å². The number of hydrogen-bond acceptors (Lipinski definition) is 2. The molecule has 0 heterocycles. The van der Waals surface area contributed by atoms with Gasteiger partial charge in [-0.1, -0.05) is 43.7 Å². The van der Waals surface area contributed by atoms with E-state index in [4.69, 9.17) is 4.74 Å². The molecule has 0 saturated heterocycles. The van der Waals surface area contributed by atoms with Gasteiger partial charge in [-0.05, 0) is 35.2 Å². The third kappa shape index (κ3) is 3.17. The SMILES string of the molecule is CCCc1cccc(C(O)c2ccc(OC)c(F)c2)c1. The van der Waals surface area contributed by atoms with Crippen LogP contribution in [0.4, 0.5) is 4.39 Å². The van der Waals surface area contributed by atoms with Crippen molar-refractivity contribution in [3.63, 3.8) is 0 Å². The van der Waals surface area contributed by atoms with E-state index in [1.807, 2.05) is 24.3 Å². The lowest BCUT2D eigenvalue weighted by Crippen LogP contribution is -2.01.